The van der Waals surface area contributed by atoms with Crippen LogP contribution in [0.1, 0.15) is 0 Å². The standard InChI is InChI=1S/C25H16BrClN4O2S2/c26-18-12-16(10-11-19(18)27)31-23(33)17-8-4-5-9-20(17)29-25(31)35-14-22(32)30-24-28-21(13-34-24)15-6-2-1-3-7-15/h1-13H,14H2,(H,28,30,32). The van der Waals surface area contributed by atoms with E-state index in [0.29, 0.717) is 36.4 Å². The highest BCUT2D eigenvalue weighted by Gasteiger charge is 2.16. The third kappa shape index (κ3) is 5.18. The molecule has 0 spiro atoms. The molecule has 6 nitrogen and oxygen atoms in total. The zero-order valence-corrected chi connectivity index (χ0v) is 21.9. The average molecular weight is 584 g/mol. The molecule has 5 rings (SSSR count). The van der Waals surface area contributed by atoms with Gasteiger partial charge in [0.2, 0.25) is 5.91 Å². The van der Waals surface area contributed by atoms with Gasteiger partial charge in [-0.2, -0.15) is 0 Å². The molecule has 2 heterocycles. The second-order valence-corrected chi connectivity index (χ2v) is 10.5. The lowest BCUT2D eigenvalue weighted by atomic mass is 10.2. The van der Waals surface area contributed by atoms with Gasteiger partial charge in [-0.1, -0.05) is 65.8 Å². The molecule has 35 heavy (non-hydrogen) atoms. The van der Waals surface area contributed by atoms with Crippen molar-refractivity contribution in [3.05, 3.63) is 98.0 Å². The molecule has 0 fully saturated rings. The smallest absolute Gasteiger partial charge is 0.266 e. The number of thiazole rings is 1. The Morgan fingerprint density at radius 3 is 2.63 bits per heavy atom. The zero-order chi connectivity index (χ0) is 24.4. The van der Waals surface area contributed by atoms with Crippen LogP contribution in [0, 0.1) is 0 Å². The summed E-state index contributed by atoms with van der Waals surface area (Å²) >= 11 is 12.1. The van der Waals surface area contributed by atoms with E-state index in [0.717, 1.165) is 11.3 Å². The van der Waals surface area contributed by atoms with Crippen molar-refractivity contribution in [2.24, 2.45) is 0 Å². The minimum absolute atomic E-state index is 0.0553. The Kier molecular flexibility index (Phi) is 7.01. The summed E-state index contributed by atoms with van der Waals surface area (Å²) in [7, 11) is 0. The van der Waals surface area contributed by atoms with Crippen molar-refractivity contribution in [1.29, 1.82) is 0 Å². The zero-order valence-electron chi connectivity index (χ0n) is 17.9. The molecule has 0 aliphatic carbocycles. The fourth-order valence-electron chi connectivity index (χ4n) is 3.42. The highest BCUT2D eigenvalue weighted by atomic mass is 79.9. The highest BCUT2D eigenvalue weighted by Crippen LogP contribution is 2.28. The van der Waals surface area contributed by atoms with Crippen LogP contribution in [0.4, 0.5) is 5.13 Å². The molecule has 0 aliphatic rings. The third-order valence-corrected chi connectivity index (χ3v) is 7.97. The van der Waals surface area contributed by atoms with Crippen molar-refractivity contribution >= 4 is 72.6 Å². The van der Waals surface area contributed by atoms with Crippen LogP contribution in [0.5, 0.6) is 0 Å². The summed E-state index contributed by atoms with van der Waals surface area (Å²) in [6.45, 7) is 0. The molecule has 2 aromatic heterocycles. The fraction of sp³-hybridized carbons (Fsp3) is 0.0400. The maximum Gasteiger partial charge on any atom is 0.266 e. The van der Waals surface area contributed by atoms with E-state index < -0.39 is 0 Å². The molecule has 3 aromatic carbocycles. The third-order valence-electron chi connectivity index (χ3n) is 5.06. The van der Waals surface area contributed by atoms with Gasteiger partial charge in [-0.3, -0.25) is 14.2 Å². The number of carbonyl (C=O) groups excluding carboxylic acids is 1. The number of hydrogen-bond acceptors (Lipinski definition) is 6. The number of para-hydroxylation sites is 1. The Hall–Kier alpha value is -2.98. The van der Waals surface area contributed by atoms with Crippen molar-refractivity contribution in [2.75, 3.05) is 11.1 Å². The maximum atomic E-state index is 13.4. The Morgan fingerprint density at radius 2 is 1.83 bits per heavy atom. The molecule has 0 bridgehead atoms. The van der Waals surface area contributed by atoms with Crippen LogP contribution in [0.25, 0.3) is 27.8 Å². The minimum atomic E-state index is -0.241. The molecule has 174 valence electrons. The number of nitrogens with one attached hydrogen (secondary N) is 1. The van der Waals surface area contributed by atoms with Gasteiger partial charge in [0.1, 0.15) is 0 Å². The molecule has 10 heteroatoms. The largest absolute Gasteiger partial charge is 0.301 e. The summed E-state index contributed by atoms with van der Waals surface area (Å²) in [6.07, 6.45) is 0. The van der Waals surface area contributed by atoms with E-state index in [-0.39, 0.29) is 17.2 Å². The van der Waals surface area contributed by atoms with E-state index in [1.807, 2.05) is 41.8 Å². The quantitative estimate of drug-likeness (QED) is 0.179. The Morgan fingerprint density at radius 1 is 1.06 bits per heavy atom. The molecular weight excluding hydrogens is 568 g/mol. The molecule has 0 atom stereocenters. The first kappa shape index (κ1) is 23.7. The van der Waals surface area contributed by atoms with Gasteiger partial charge in [0.25, 0.3) is 5.56 Å². The number of fused-ring (bicyclic) bond motifs is 1. The molecular formula is C25H16BrClN4O2S2. The Bertz CT molecular complexity index is 1600. The Balaban J connectivity index is 1.41. The number of thioether (sulfide) groups is 1. The van der Waals surface area contributed by atoms with Crippen LogP contribution in [0.15, 0.2) is 92.6 Å². The van der Waals surface area contributed by atoms with Crippen molar-refractivity contribution in [2.45, 2.75) is 5.16 Å². The first-order valence-electron chi connectivity index (χ1n) is 10.4. The fourth-order valence-corrected chi connectivity index (χ4v) is 5.45. The summed E-state index contributed by atoms with van der Waals surface area (Å²) in [5.41, 5.74) is 2.73. The van der Waals surface area contributed by atoms with E-state index in [2.05, 4.69) is 31.2 Å². The highest BCUT2D eigenvalue weighted by molar-refractivity contribution is 9.10. The first-order valence-corrected chi connectivity index (χ1v) is 13.4. The second kappa shape index (κ2) is 10.3. The van der Waals surface area contributed by atoms with Crippen LogP contribution in [0.3, 0.4) is 0 Å². The van der Waals surface area contributed by atoms with Crippen LogP contribution in [-0.2, 0) is 4.79 Å². The summed E-state index contributed by atoms with van der Waals surface area (Å²) in [5.74, 6) is -0.185. The van der Waals surface area contributed by atoms with Gasteiger partial charge in [-0.25, -0.2) is 9.97 Å². The van der Waals surface area contributed by atoms with Crippen molar-refractivity contribution in [1.82, 2.24) is 14.5 Å². The SMILES string of the molecule is O=C(CSc1nc2ccccc2c(=O)n1-c1ccc(Cl)c(Br)c1)Nc1nc(-c2ccccc2)cs1. The predicted molar refractivity (Wildman–Crippen MR) is 147 cm³/mol. The number of aromatic nitrogens is 3. The number of benzene rings is 3. The Labute approximate surface area is 222 Å². The number of anilines is 1. The number of amides is 1. The van der Waals surface area contributed by atoms with E-state index >= 15 is 0 Å². The van der Waals surface area contributed by atoms with Crippen LogP contribution < -0.4 is 10.9 Å². The summed E-state index contributed by atoms with van der Waals surface area (Å²) < 4.78 is 2.15. The van der Waals surface area contributed by atoms with Gasteiger partial charge >= 0.3 is 0 Å². The minimum Gasteiger partial charge on any atom is -0.301 e. The number of rotatable bonds is 6. The van der Waals surface area contributed by atoms with Crippen LogP contribution in [0.2, 0.25) is 5.02 Å². The maximum absolute atomic E-state index is 13.4. The van der Waals surface area contributed by atoms with Crippen LogP contribution in [-0.4, -0.2) is 26.2 Å². The molecule has 1 N–H and O–H groups in total. The number of halogens is 2. The van der Waals surface area contributed by atoms with Gasteiger partial charge in [0.05, 0.1) is 33.1 Å². The number of nitrogens with zero attached hydrogens (tertiary/aromatic N) is 3. The van der Waals surface area contributed by atoms with Crippen molar-refractivity contribution in [3.8, 4) is 16.9 Å². The lowest BCUT2D eigenvalue weighted by Gasteiger charge is -2.13. The van der Waals surface area contributed by atoms with E-state index in [4.69, 9.17) is 11.6 Å². The van der Waals surface area contributed by atoms with E-state index in [1.165, 1.54) is 27.7 Å². The lowest BCUT2D eigenvalue weighted by molar-refractivity contribution is -0.113. The molecule has 0 radical (unpaired) electrons. The summed E-state index contributed by atoms with van der Waals surface area (Å²) in [5, 5.41) is 6.68. The predicted octanol–water partition coefficient (Wildman–Crippen LogP) is 6.66. The lowest BCUT2D eigenvalue weighted by Crippen LogP contribution is -2.23. The van der Waals surface area contributed by atoms with Crippen molar-refractivity contribution < 1.29 is 4.79 Å². The van der Waals surface area contributed by atoms with Crippen molar-refractivity contribution in [3.63, 3.8) is 0 Å². The second-order valence-electron chi connectivity index (χ2n) is 7.39. The first-order chi connectivity index (χ1) is 17.0. The van der Waals surface area contributed by atoms with E-state index in [1.54, 1.807) is 36.4 Å². The molecule has 1 amide bonds. The molecule has 5 aromatic rings. The van der Waals surface area contributed by atoms with Gasteiger partial charge in [-0.05, 0) is 46.3 Å². The molecule has 0 unspecified atom stereocenters. The molecule has 0 saturated heterocycles. The summed E-state index contributed by atoms with van der Waals surface area (Å²) in [4.78, 5) is 35.3. The average Bonchev–Trinajstić information content (AvgIpc) is 3.34. The molecule has 0 aliphatic heterocycles. The number of carbonyl (C=O) groups is 1. The van der Waals surface area contributed by atoms with Gasteiger partial charge in [0.15, 0.2) is 10.3 Å². The van der Waals surface area contributed by atoms with Gasteiger partial charge in [-0.15, -0.1) is 11.3 Å². The van der Waals surface area contributed by atoms with E-state index in [9.17, 15) is 9.59 Å². The number of hydrogen-bond donors (Lipinski definition) is 1. The summed E-state index contributed by atoms with van der Waals surface area (Å²) in [6, 6.07) is 22.1. The van der Waals surface area contributed by atoms with Gasteiger partial charge < -0.3 is 5.32 Å². The van der Waals surface area contributed by atoms with Gasteiger partial charge in [0, 0.05) is 15.4 Å². The normalized spacial score (nSPS) is 11.0. The molecule has 0 saturated carbocycles. The topological polar surface area (TPSA) is 76.9 Å². The van der Waals surface area contributed by atoms with Crippen LogP contribution >= 0.6 is 50.6 Å². The monoisotopic (exact) mass is 582 g/mol.